The number of carbonyl (C=O) groups is 2. The number of para-hydroxylation sites is 1. The zero-order valence-electron chi connectivity index (χ0n) is 14.4. The molecule has 24 heavy (non-hydrogen) atoms. The number of amides is 2. The molecule has 3 unspecified atom stereocenters. The Labute approximate surface area is 143 Å². The number of hydrogen-bond donors (Lipinski definition) is 0. The second-order valence-electron chi connectivity index (χ2n) is 7.70. The molecule has 0 N–H and O–H groups in total. The number of piperidine rings is 1. The highest BCUT2D eigenvalue weighted by Crippen LogP contribution is 2.43. The molecule has 4 heteroatoms. The molecule has 2 heterocycles. The van der Waals surface area contributed by atoms with Crippen LogP contribution in [-0.2, 0) is 16.0 Å². The quantitative estimate of drug-likeness (QED) is 0.838. The maximum absolute atomic E-state index is 12.9. The van der Waals surface area contributed by atoms with Crippen molar-refractivity contribution in [2.45, 2.75) is 39.0 Å². The van der Waals surface area contributed by atoms with Gasteiger partial charge in [0.1, 0.15) is 0 Å². The van der Waals surface area contributed by atoms with Crippen molar-refractivity contribution in [3.05, 3.63) is 29.8 Å². The molecule has 1 aromatic rings. The van der Waals surface area contributed by atoms with E-state index in [0.29, 0.717) is 5.92 Å². The molecule has 2 amide bonds. The normalized spacial score (nSPS) is 29.1. The fourth-order valence-electron chi connectivity index (χ4n) is 4.33. The van der Waals surface area contributed by atoms with Crippen LogP contribution >= 0.6 is 0 Å². The Morgan fingerprint density at radius 3 is 2.67 bits per heavy atom. The van der Waals surface area contributed by atoms with Crippen molar-refractivity contribution in [2.24, 2.45) is 17.8 Å². The number of likely N-dealkylation sites (tertiary alicyclic amines) is 1. The average Bonchev–Trinajstić information content (AvgIpc) is 3.41. The molecule has 0 radical (unpaired) electrons. The fourth-order valence-corrected chi connectivity index (χ4v) is 4.33. The number of hydrogen-bond acceptors (Lipinski definition) is 2. The van der Waals surface area contributed by atoms with E-state index in [0.717, 1.165) is 51.0 Å². The van der Waals surface area contributed by atoms with Crippen molar-refractivity contribution >= 4 is 17.5 Å². The van der Waals surface area contributed by atoms with Crippen LogP contribution in [0.1, 0.15) is 38.2 Å². The van der Waals surface area contributed by atoms with Gasteiger partial charge in [0.05, 0.1) is 11.8 Å². The molecule has 3 aliphatic rings. The van der Waals surface area contributed by atoms with Gasteiger partial charge in [-0.15, -0.1) is 0 Å². The Hall–Kier alpha value is -1.84. The standard InChI is InChI=1S/C20H26N2O2/c1-14-6-4-10-21(13-14)19(23)16-12-17(16)20(24)22-11-5-8-15-7-2-3-9-18(15)22/h2-3,7,9,14,16-17H,4-6,8,10-13H2,1H3. The summed E-state index contributed by atoms with van der Waals surface area (Å²) in [5, 5.41) is 0. The van der Waals surface area contributed by atoms with Crippen LogP contribution in [0.2, 0.25) is 0 Å². The zero-order valence-corrected chi connectivity index (χ0v) is 14.4. The molecular weight excluding hydrogens is 300 g/mol. The van der Waals surface area contributed by atoms with Crippen LogP contribution < -0.4 is 4.90 Å². The first kappa shape index (κ1) is 15.7. The second-order valence-corrected chi connectivity index (χ2v) is 7.70. The van der Waals surface area contributed by atoms with Crippen molar-refractivity contribution in [1.82, 2.24) is 4.90 Å². The van der Waals surface area contributed by atoms with Gasteiger partial charge >= 0.3 is 0 Å². The lowest BCUT2D eigenvalue weighted by Gasteiger charge is -2.32. The first-order chi connectivity index (χ1) is 11.6. The zero-order chi connectivity index (χ0) is 16.7. The van der Waals surface area contributed by atoms with Gasteiger partial charge < -0.3 is 9.80 Å². The average molecular weight is 326 g/mol. The number of benzene rings is 1. The van der Waals surface area contributed by atoms with Gasteiger partial charge in [0.2, 0.25) is 11.8 Å². The summed E-state index contributed by atoms with van der Waals surface area (Å²) in [6, 6.07) is 8.18. The molecule has 0 spiro atoms. The lowest BCUT2D eigenvalue weighted by atomic mass is 9.99. The van der Waals surface area contributed by atoms with Gasteiger partial charge in [0.15, 0.2) is 0 Å². The Morgan fingerprint density at radius 2 is 1.83 bits per heavy atom. The number of carbonyl (C=O) groups excluding carboxylic acids is 2. The van der Waals surface area contributed by atoms with Gasteiger partial charge in [-0.3, -0.25) is 9.59 Å². The maximum atomic E-state index is 12.9. The summed E-state index contributed by atoms with van der Waals surface area (Å²) in [6.07, 6.45) is 5.09. The van der Waals surface area contributed by atoms with Crippen molar-refractivity contribution in [1.29, 1.82) is 0 Å². The van der Waals surface area contributed by atoms with E-state index in [1.165, 1.54) is 12.0 Å². The second kappa shape index (κ2) is 6.23. The van der Waals surface area contributed by atoms with E-state index in [1.807, 2.05) is 28.0 Å². The van der Waals surface area contributed by atoms with Crippen molar-refractivity contribution in [3.8, 4) is 0 Å². The highest BCUT2D eigenvalue weighted by Gasteiger charge is 2.51. The highest BCUT2D eigenvalue weighted by atomic mass is 16.2. The minimum Gasteiger partial charge on any atom is -0.342 e. The highest BCUT2D eigenvalue weighted by molar-refractivity contribution is 6.01. The molecule has 1 saturated heterocycles. The first-order valence-electron chi connectivity index (χ1n) is 9.33. The summed E-state index contributed by atoms with van der Waals surface area (Å²) in [7, 11) is 0. The van der Waals surface area contributed by atoms with Crippen LogP contribution in [-0.4, -0.2) is 36.3 Å². The molecule has 1 aromatic carbocycles. The van der Waals surface area contributed by atoms with Crippen molar-refractivity contribution in [3.63, 3.8) is 0 Å². The van der Waals surface area contributed by atoms with Crippen molar-refractivity contribution < 1.29 is 9.59 Å². The van der Waals surface area contributed by atoms with Crippen LogP contribution in [0.3, 0.4) is 0 Å². The van der Waals surface area contributed by atoms with E-state index in [-0.39, 0.29) is 23.7 Å². The number of fused-ring (bicyclic) bond motifs is 1. The van der Waals surface area contributed by atoms with E-state index in [9.17, 15) is 9.59 Å². The van der Waals surface area contributed by atoms with E-state index in [1.54, 1.807) is 0 Å². The molecule has 1 aliphatic carbocycles. The molecule has 3 atom stereocenters. The minimum atomic E-state index is -0.0964. The summed E-state index contributed by atoms with van der Waals surface area (Å²) >= 11 is 0. The minimum absolute atomic E-state index is 0.0723. The third-order valence-corrected chi connectivity index (χ3v) is 5.77. The van der Waals surface area contributed by atoms with E-state index in [4.69, 9.17) is 0 Å². The molecule has 2 fully saturated rings. The fraction of sp³-hybridized carbons (Fsp3) is 0.600. The smallest absolute Gasteiger partial charge is 0.230 e. The number of nitrogens with zero attached hydrogens (tertiary/aromatic N) is 2. The number of anilines is 1. The Morgan fingerprint density at radius 1 is 1.04 bits per heavy atom. The van der Waals surface area contributed by atoms with Gasteiger partial charge in [-0.1, -0.05) is 25.1 Å². The van der Waals surface area contributed by atoms with E-state index < -0.39 is 0 Å². The molecule has 128 valence electrons. The third kappa shape index (κ3) is 2.83. The van der Waals surface area contributed by atoms with Crippen LogP contribution in [0.5, 0.6) is 0 Å². The van der Waals surface area contributed by atoms with Gasteiger partial charge in [0.25, 0.3) is 0 Å². The van der Waals surface area contributed by atoms with Crippen LogP contribution in [0.25, 0.3) is 0 Å². The Kier molecular flexibility index (Phi) is 4.07. The number of rotatable bonds is 2. The molecule has 4 rings (SSSR count). The summed E-state index contributed by atoms with van der Waals surface area (Å²) in [4.78, 5) is 29.6. The van der Waals surface area contributed by atoms with Crippen molar-refractivity contribution in [2.75, 3.05) is 24.5 Å². The molecule has 2 aliphatic heterocycles. The Balaban J connectivity index is 1.43. The molecule has 0 aromatic heterocycles. The van der Waals surface area contributed by atoms with Crippen LogP contribution in [0.4, 0.5) is 5.69 Å². The summed E-state index contributed by atoms with van der Waals surface area (Å²) in [5.41, 5.74) is 2.31. The largest absolute Gasteiger partial charge is 0.342 e. The molecule has 1 saturated carbocycles. The van der Waals surface area contributed by atoms with Crippen LogP contribution in [0.15, 0.2) is 24.3 Å². The topological polar surface area (TPSA) is 40.6 Å². The Bertz CT molecular complexity index is 657. The van der Waals surface area contributed by atoms with Crippen LogP contribution in [0, 0.1) is 17.8 Å². The maximum Gasteiger partial charge on any atom is 0.230 e. The third-order valence-electron chi connectivity index (χ3n) is 5.77. The number of aryl methyl sites for hydroxylation is 1. The predicted octanol–water partition coefficient (Wildman–Crippen LogP) is 2.86. The summed E-state index contributed by atoms with van der Waals surface area (Å²) < 4.78 is 0. The summed E-state index contributed by atoms with van der Waals surface area (Å²) in [5.74, 6) is 0.790. The van der Waals surface area contributed by atoms with Gasteiger partial charge in [-0.2, -0.15) is 0 Å². The van der Waals surface area contributed by atoms with E-state index in [2.05, 4.69) is 13.0 Å². The predicted molar refractivity (Wildman–Crippen MR) is 93.7 cm³/mol. The summed E-state index contributed by atoms with van der Waals surface area (Å²) in [6.45, 7) is 4.73. The first-order valence-corrected chi connectivity index (χ1v) is 9.33. The van der Waals surface area contributed by atoms with Gasteiger partial charge in [0, 0.05) is 25.3 Å². The van der Waals surface area contributed by atoms with E-state index >= 15 is 0 Å². The van der Waals surface area contributed by atoms with Gasteiger partial charge in [-0.25, -0.2) is 0 Å². The SMILES string of the molecule is CC1CCCN(C(=O)C2CC2C(=O)N2CCCc3ccccc32)C1. The molecular formula is C20H26N2O2. The monoisotopic (exact) mass is 326 g/mol. The van der Waals surface area contributed by atoms with Gasteiger partial charge in [-0.05, 0) is 49.7 Å². The molecule has 0 bridgehead atoms. The lowest BCUT2D eigenvalue weighted by Crippen LogP contribution is -2.41. The lowest BCUT2D eigenvalue weighted by molar-refractivity contribution is -0.135. The molecule has 4 nitrogen and oxygen atoms in total.